The maximum absolute atomic E-state index is 10.9. The zero-order valence-electron chi connectivity index (χ0n) is 7.32. The summed E-state index contributed by atoms with van der Waals surface area (Å²) < 4.78 is 5.30. The first-order valence-corrected chi connectivity index (χ1v) is 4.19. The first kappa shape index (κ1) is 8.68. The number of amides is 1. The smallest absolute Gasteiger partial charge is 0.316 e. The van der Waals surface area contributed by atoms with Crippen LogP contribution >= 0.6 is 0 Å². The second kappa shape index (κ2) is 3.45. The van der Waals surface area contributed by atoms with Crippen LogP contribution in [0.4, 0.5) is 5.69 Å². The van der Waals surface area contributed by atoms with Gasteiger partial charge in [0.2, 0.25) is 0 Å². The minimum absolute atomic E-state index is 0.252. The van der Waals surface area contributed by atoms with E-state index >= 15 is 0 Å². The third-order valence-electron chi connectivity index (χ3n) is 1.99. The van der Waals surface area contributed by atoms with Gasteiger partial charge in [0.25, 0.3) is 0 Å². The van der Waals surface area contributed by atoms with E-state index < -0.39 is 5.91 Å². The van der Waals surface area contributed by atoms with E-state index in [1.165, 1.54) is 6.07 Å². The largest absolute Gasteiger partial charge is 0.490 e. The van der Waals surface area contributed by atoms with E-state index in [2.05, 4.69) is 10.5 Å². The zero-order chi connectivity index (χ0) is 9.97. The van der Waals surface area contributed by atoms with Crippen LogP contribution in [0.15, 0.2) is 23.4 Å². The molecule has 0 saturated heterocycles. The van der Waals surface area contributed by atoms with Gasteiger partial charge in [-0.25, -0.2) is 0 Å². The predicted molar refractivity (Wildman–Crippen MR) is 50.6 cm³/mol. The monoisotopic (exact) mass is 192 g/mol. The maximum atomic E-state index is 10.9. The Balaban J connectivity index is 2.38. The molecule has 2 rings (SSSR count). The lowest BCUT2D eigenvalue weighted by molar-refractivity contribution is 0.100. The lowest BCUT2D eigenvalue weighted by Gasteiger charge is -2.18. The summed E-state index contributed by atoms with van der Waals surface area (Å²) in [5.74, 6) is -0.187. The molecule has 0 fully saturated rings. The van der Waals surface area contributed by atoms with Gasteiger partial charge in [-0.1, -0.05) is 0 Å². The molecular formula is C9H8N2O3. The first-order valence-electron chi connectivity index (χ1n) is 4.19. The quantitative estimate of drug-likeness (QED) is 0.683. The van der Waals surface area contributed by atoms with Crippen LogP contribution in [0.1, 0.15) is 10.4 Å². The van der Waals surface area contributed by atoms with Gasteiger partial charge >= 0.3 is 5.91 Å². The normalized spacial score (nSPS) is 13.4. The van der Waals surface area contributed by atoms with Crippen LogP contribution in [0.25, 0.3) is 0 Å². The Bertz CT molecular complexity index is 390. The van der Waals surface area contributed by atoms with E-state index in [0.717, 1.165) is 12.2 Å². The number of nitroso groups, excluding NO2 is 1. The van der Waals surface area contributed by atoms with Crippen molar-refractivity contribution in [1.29, 1.82) is 0 Å². The van der Waals surface area contributed by atoms with Gasteiger partial charge in [-0.3, -0.25) is 4.79 Å². The SMILES string of the molecule is O=NC(=O)c1ccc2c(c1)OCCN2. The molecule has 0 aliphatic carbocycles. The fourth-order valence-electron chi connectivity index (χ4n) is 1.32. The van der Waals surface area contributed by atoms with E-state index in [4.69, 9.17) is 4.74 Å². The number of hydrogen-bond donors (Lipinski definition) is 1. The zero-order valence-corrected chi connectivity index (χ0v) is 7.32. The van der Waals surface area contributed by atoms with Gasteiger partial charge in [0, 0.05) is 17.3 Å². The van der Waals surface area contributed by atoms with Crippen molar-refractivity contribution in [2.45, 2.75) is 0 Å². The lowest BCUT2D eigenvalue weighted by atomic mass is 10.1. The number of nitrogens with zero attached hydrogens (tertiary/aromatic N) is 1. The van der Waals surface area contributed by atoms with Crippen molar-refractivity contribution in [3.8, 4) is 5.75 Å². The van der Waals surface area contributed by atoms with Crippen molar-refractivity contribution in [1.82, 2.24) is 0 Å². The maximum Gasteiger partial charge on any atom is 0.316 e. The highest BCUT2D eigenvalue weighted by atomic mass is 16.5. The van der Waals surface area contributed by atoms with Gasteiger partial charge in [0.05, 0.1) is 5.69 Å². The number of carbonyl (C=O) groups is 1. The summed E-state index contributed by atoms with van der Waals surface area (Å²) in [4.78, 5) is 21.0. The van der Waals surface area contributed by atoms with E-state index in [9.17, 15) is 9.70 Å². The van der Waals surface area contributed by atoms with Crippen molar-refractivity contribution in [3.05, 3.63) is 28.7 Å². The minimum atomic E-state index is -0.776. The van der Waals surface area contributed by atoms with Gasteiger partial charge in [0.1, 0.15) is 12.4 Å². The number of rotatable bonds is 1. The standard InChI is InChI=1S/C9H8N2O3/c12-9(11-13)6-1-2-7-8(5-6)14-4-3-10-7/h1-2,5,10H,3-4H2. The molecule has 0 radical (unpaired) electrons. The summed E-state index contributed by atoms with van der Waals surface area (Å²) in [5.41, 5.74) is 1.08. The van der Waals surface area contributed by atoms with Crippen molar-refractivity contribution in [2.24, 2.45) is 5.18 Å². The number of anilines is 1. The molecule has 5 heteroatoms. The highest BCUT2D eigenvalue weighted by Gasteiger charge is 2.13. The van der Waals surface area contributed by atoms with Gasteiger partial charge < -0.3 is 10.1 Å². The molecule has 0 unspecified atom stereocenters. The first-order chi connectivity index (χ1) is 6.81. The van der Waals surface area contributed by atoms with Gasteiger partial charge in [0.15, 0.2) is 0 Å². The third-order valence-corrected chi connectivity index (χ3v) is 1.99. The molecule has 0 spiro atoms. The summed E-state index contributed by atoms with van der Waals surface area (Å²) >= 11 is 0. The fourth-order valence-corrected chi connectivity index (χ4v) is 1.32. The van der Waals surface area contributed by atoms with Gasteiger partial charge in [-0.15, -0.1) is 4.91 Å². The van der Waals surface area contributed by atoms with Crippen molar-refractivity contribution >= 4 is 11.6 Å². The van der Waals surface area contributed by atoms with Crippen LogP contribution in [0, 0.1) is 4.91 Å². The predicted octanol–water partition coefficient (Wildman–Crippen LogP) is 1.40. The molecule has 5 nitrogen and oxygen atoms in total. The lowest BCUT2D eigenvalue weighted by Crippen LogP contribution is -2.18. The third kappa shape index (κ3) is 1.44. The number of nitrogens with one attached hydrogen (secondary N) is 1. The van der Waals surface area contributed by atoms with Crippen LogP contribution in [0.5, 0.6) is 5.75 Å². The average Bonchev–Trinajstić information content (AvgIpc) is 2.27. The number of ether oxygens (including phenoxy) is 1. The van der Waals surface area contributed by atoms with E-state index in [-0.39, 0.29) is 5.56 Å². The van der Waals surface area contributed by atoms with Gasteiger partial charge in [-0.2, -0.15) is 0 Å². The number of fused-ring (bicyclic) bond motifs is 1. The molecule has 1 aromatic carbocycles. The fraction of sp³-hybridized carbons (Fsp3) is 0.222. The molecule has 0 atom stereocenters. The van der Waals surface area contributed by atoms with Crippen LogP contribution in [0.3, 0.4) is 0 Å². The average molecular weight is 192 g/mol. The molecule has 72 valence electrons. The van der Waals surface area contributed by atoms with Crippen LogP contribution in [0.2, 0.25) is 0 Å². The number of carbonyl (C=O) groups excluding carboxylic acids is 1. The summed E-state index contributed by atoms with van der Waals surface area (Å²) in [6.45, 7) is 1.30. The topological polar surface area (TPSA) is 67.8 Å². The van der Waals surface area contributed by atoms with Gasteiger partial charge in [-0.05, 0) is 18.2 Å². The Morgan fingerprint density at radius 1 is 1.50 bits per heavy atom. The van der Waals surface area contributed by atoms with E-state index in [1.807, 2.05) is 0 Å². The Hall–Kier alpha value is -1.91. The molecule has 1 amide bonds. The molecule has 1 aliphatic rings. The Morgan fingerprint density at radius 2 is 2.36 bits per heavy atom. The number of hydrogen-bond acceptors (Lipinski definition) is 4. The second-order valence-electron chi connectivity index (χ2n) is 2.88. The summed E-state index contributed by atoms with van der Waals surface area (Å²) in [7, 11) is 0. The summed E-state index contributed by atoms with van der Waals surface area (Å²) in [6.07, 6.45) is 0. The minimum Gasteiger partial charge on any atom is -0.490 e. The molecule has 1 aromatic rings. The summed E-state index contributed by atoms with van der Waals surface area (Å²) in [6, 6.07) is 4.77. The Kier molecular flexibility index (Phi) is 2.14. The van der Waals surface area contributed by atoms with E-state index in [0.29, 0.717) is 12.4 Å². The molecule has 14 heavy (non-hydrogen) atoms. The number of benzene rings is 1. The van der Waals surface area contributed by atoms with Crippen molar-refractivity contribution in [2.75, 3.05) is 18.5 Å². The Morgan fingerprint density at radius 3 is 3.14 bits per heavy atom. The molecule has 1 N–H and O–H groups in total. The van der Waals surface area contributed by atoms with Crippen LogP contribution in [-0.4, -0.2) is 19.1 Å². The highest BCUT2D eigenvalue weighted by Crippen LogP contribution is 2.28. The van der Waals surface area contributed by atoms with Crippen LogP contribution in [-0.2, 0) is 0 Å². The van der Waals surface area contributed by atoms with Crippen LogP contribution < -0.4 is 10.1 Å². The second-order valence-corrected chi connectivity index (χ2v) is 2.88. The molecule has 1 aliphatic heterocycles. The Labute approximate surface area is 80.0 Å². The molecule has 1 heterocycles. The van der Waals surface area contributed by atoms with Crippen molar-refractivity contribution < 1.29 is 9.53 Å². The summed E-state index contributed by atoms with van der Waals surface area (Å²) in [5, 5.41) is 5.44. The highest BCUT2D eigenvalue weighted by molar-refractivity contribution is 5.95. The molecule has 0 bridgehead atoms. The molecule has 0 aromatic heterocycles. The van der Waals surface area contributed by atoms with Crippen molar-refractivity contribution in [3.63, 3.8) is 0 Å². The molecule has 0 saturated carbocycles. The molecular weight excluding hydrogens is 184 g/mol. The van der Waals surface area contributed by atoms with E-state index in [1.54, 1.807) is 12.1 Å².